The largest absolute Gasteiger partial charge is 0.342 e. The van der Waals surface area contributed by atoms with Crippen molar-refractivity contribution >= 4 is 11.9 Å². The van der Waals surface area contributed by atoms with E-state index >= 15 is 0 Å². The van der Waals surface area contributed by atoms with Crippen molar-refractivity contribution in [3.63, 3.8) is 0 Å². The lowest BCUT2D eigenvalue weighted by Crippen LogP contribution is -2.32. The van der Waals surface area contributed by atoms with Crippen molar-refractivity contribution in [2.75, 3.05) is 31.1 Å². The summed E-state index contributed by atoms with van der Waals surface area (Å²) in [5.74, 6) is 1.26. The molecule has 3 aliphatic rings. The van der Waals surface area contributed by atoms with Gasteiger partial charge >= 0.3 is 0 Å². The summed E-state index contributed by atoms with van der Waals surface area (Å²) in [7, 11) is 0. The van der Waals surface area contributed by atoms with E-state index in [1.54, 1.807) is 6.20 Å². The minimum atomic E-state index is 0.000179. The SMILES string of the molecule is CCn1ncc(C(=O)N2C[C@H]3CCc4c(nc(N5CCCC5)[nH]c4=O)[C@H]3C2)c1C. The number of carbonyl (C=O) groups is 1. The molecule has 4 heterocycles. The minimum Gasteiger partial charge on any atom is -0.342 e. The molecule has 1 N–H and O–H groups in total. The van der Waals surface area contributed by atoms with Gasteiger partial charge < -0.3 is 9.80 Å². The molecule has 2 aromatic heterocycles. The Morgan fingerprint density at radius 1 is 1.28 bits per heavy atom. The lowest BCUT2D eigenvalue weighted by atomic mass is 9.80. The normalized spacial score (nSPS) is 23.4. The fraction of sp³-hybridized carbons (Fsp3) is 0.619. The van der Waals surface area contributed by atoms with Gasteiger partial charge in [0.1, 0.15) is 0 Å². The Balaban J connectivity index is 1.44. The molecule has 0 saturated carbocycles. The first kappa shape index (κ1) is 18.4. The van der Waals surface area contributed by atoms with Crippen LogP contribution in [-0.2, 0) is 13.0 Å². The van der Waals surface area contributed by atoms with Crippen LogP contribution in [0.5, 0.6) is 0 Å². The van der Waals surface area contributed by atoms with Crippen LogP contribution >= 0.6 is 0 Å². The lowest BCUT2D eigenvalue weighted by molar-refractivity contribution is 0.0785. The number of nitrogens with zero attached hydrogens (tertiary/aromatic N) is 5. The summed E-state index contributed by atoms with van der Waals surface area (Å²) >= 11 is 0. The third-order valence-electron chi connectivity index (χ3n) is 6.92. The maximum atomic E-state index is 13.2. The van der Waals surface area contributed by atoms with Crippen LogP contribution in [-0.4, -0.2) is 56.7 Å². The van der Waals surface area contributed by atoms with Crippen LogP contribution in [0.1, 0.15) is 59.4 Å². The maximum Gasteiger partial charge on any atom is 0.257 e. The zero-order valence-corrected chi connectivity index (χ0v) is 17.1. The second kappa shape index (κ2) is 7.00. The van der Waals surface area contributed by atoms with Crippen LogP contribution in [0, 0.1) is 12.8 Å². The van der Waals surface area contributed by atoms with Crippen molar-refractivity contribution in [3.8, 4) is 0 Å². The zero-order chi connectivity index (χ0) is 20.1. The Hall–Kier alpha value is -2.64. The molecule has 8 heteroatoms. The van der Waals surface area contributed by atoms with Crippen molar-refractivity contribution in [3.05, 3.63) is 39.1 Å². The van der Waals surface area contributed by atoms with E-state index in [1.165, 1.54) is 0 Å². The summed E-state index contributed by atoms with van der Waals surface area (Å²) in [6, 6.07) is 0. The van der Waals surface area contributed by atoms with Gasteiger partial charge in [-0.3, -0.25) is 19.3 Å². The third kappa shape index (κ3) is 2.96. The number of rotatable bonds is 3. The highest BCUT2D eigenvalue weighted by molar-refractivity contribution is 5.95. The van der Waals surface area contributed by atoms with Gasteiger partial charge in [0.05, 0.1) is 17.5 Å². The predicted octanol–water partition coefficient (Wildman–Crippen LogP) is 1.70. The number of anilines is 1. The summed E-state index contributed by atoms with van der Waals surface area (Å²) in [6.45, 7) is 7.98. The topological polar surface area (TPSA) is 87.1 Å². The van der Waals surface area contributed by atoms with Crippen molar-refractivity contribution in [2.45, 2.75) is 52.0 Å². The van der Waals surface area contributed by atoms with Crippen LogP contribution in [0.2, 0.25) is 0 Å². The summed E-state index contributed by atoms with van der Waals surface area (Å²) < 4.78 is 1.86. The molecule has 1 amide bonds. The first-order valence-corrected chi connectivity index (χ1v) is 10.8. The average Bonchev–Trinajstić information content (AvgIpc) is 3.46. The zero-order valence-electron chi connectivity index (χ0n) is 17.1. The van der Waals surface area contributed by atoms with Gasteiger partial charge in [-0.25, -0.2) is 4.98 Å². The molecule has 2 aromatic rings. The minimum absolute atomic E-state index is 0.000179. The fourth-order valence-electron chi connectivity index (χ4n) is 5.24. The second-order valence-electron chi connectivity index (χ2n) is 8.52. The van der Waals surface area contributed by atoms with Crippen molar-refractivity contribution < 1.29 is 4.79 Å². The van der Waals surface area contributed by atoms with Crippen LogP contribution < -0.4 is 10.5 Å². The van der Waals surface area contributed by atoms with Gasteiger partial charge in [-0.15, -0.1) is 0 Å². The van der Waals surface area contributed by atoms with Gasteiger partial charge in [0, 0.05) is 49.9 Å². The molecule has 0 radical (unpaired) electrons. The summed E-state index contributed by atoms with van der Waals surface area (Å²) in [6.07, 6.45) is 5.64. The highest BCUT2D eigenvalue weighted by Gasteiger charge is 2.42. The van der Waals surface area contributed by atoms with Crippen LogP contribution in [0.15, 0.2) is 11.0 Å². The van der Waals surface area contributed by atoms with E-state index in [1.807, 2.05) is 23.4 Å². The number of H-pyrrole nitrogens is 1. The van der Waals surface area contributed by atoms with Gasteiger partial charge in [-0.05, 0) is 45.4 Å². The molecule has 1 aliphatic carbocycles. The van der Waals surface area contributed by atoms with Crippen molar-refractivity contribution in [2.24, 2.45) is 5.92 Å². The van der Waals surface area contributed by atoms with Crippen LogP contribution in [0.3, 0.4) is 0 Å². The Kier molecular flexibility index (Phi) is 4.44. The van der Waals surface area contributed by atoms with Gasteiger partial charge in [0.2, 0.25) is 5.95 Å². The number of aromatic amines is 1. The van der Waals surface area contributed by atoms with Gasteiger partial charge in [-0.2, -0.15) is 5.10 Å². The summed E-state index contributed by atoms with van der Waals surface area (Å²) in [5.41, 5.74) is 3.34. The Bertz CT molecular complexity index is 1000. The van der Waals surface area contributed by atoms with Crippen LogP contribution in [0.25, 0.3) is 0 Å². The molecule has 154 valence electrons. The number of aromatic nitrogens is 4. The Labute approximate surface area is 169 Å². The van der Waals surface area contributed by atoms with Crippen molar-refractivity contribution in [1.29, 1.82) is 0 Å². The quantitative estimate of drug-likeness (QED) is 0.853. The molecule has 2 aliphatic heterocycles. The molecule has 29 heavy (non-hydrogen) atoms. The molecule has 0 unspecified atom stereocenters. The number of likely N-dealkylation sites (tertiary alicyclic amines) is 1. The second-order valence-corrected chi connectivity index (χ2v) is 8.52. The summed E-state index contributed by atoms with van der Waals surface area (Å²) in [4.78, 5) is 37.9. The van der Waals surface area contributed by atoms with E-state index in [-0.39, 0.29) is 17.4 Å². The third-order valence-corrected chi connectivity index (χ3v) is 6.92. The van der Waals surface area contributed by atoms with Gasteiger partial charge in [0.25, 0.3) is 11.5 Å². The molecule has 2 fully saturated rings. The number of hydrogen-bond acceptors (Lipinski definition) is 5. The molecule has 5 rings (SSSR count). The number of hydrogen-bond donors (Lipinski definition) is 1. The molecule has 8 nitrogen and oxygen atoms in total. The summed E-state index contributed by atoms with van der Waals surface area (Å²) in [5, 5.41) is 4.33. The van der Waals surface area contributed by atoms with E-state index in [0.29, 0.717) is 24.0 Å². The number of carbonyl (C=O) groups excluding carboxylic acids is 1. The standard InChI is InChI=1S/C21H28N6O2/c1-3-27-13(2)16(10-22-27)20(29)26-11-14-6-7-15-18(17(14)12-26)23-21(24-19(15)28)25-8-4-5-9-25/h10,14,17H,3-9,11-12H2,1-2H3,(H,23,24,28)/t14-,17+/m1/s1. The van der Waals surface area contributed by atoms with E-state index in [9.17, 15) is 9.59 Å². The van der Waals surface area contributed by atoms with E-state index in [2.05, 4.69) is 15.0 Å². The van der Waals surface area contributed by atoms with Gasteiger partial charge in [-0.1, -0.05) is 0 Å². The number of nitrogens with one attached hydrogen (secondary N) is 1. The smallest absolute Gasteiger partial charge is 0.257 e. The van der Waals surface area contributed by atoms with E-state index in [0.717, 1.165) is 68.8 Å². The average molecular weight is 396 g/mol. The monoisotopic (exact) mass is 396 g/mol. The molecule has 2 saturated heterocycles. The number of fused-ring (bicyclic) bond motifs is 3. The number of amides is 1. The highest BCUT2D eigenvalue weighted by Crippen LogP contribution is 2.40. The molecule has 2 atom stereocenters. The van der Waals surface area contributed by atoms with E-state index < -0.39 is 0 Å². The molecule has 0 aromatic carbocycles. The Morgan fingerprint density at radius 3 is 2.79 bits per heavy atom. The molecule has 0 spiro atoms. The first-order valence-electron chi connectivity index (χ1n) is 10.8. The highest BCUT2D eigenvalue weighted by atomic mass is 16.2. The molecule has 0 bridgehead atoms. The molecular formula is C21H28N6O2. The predicted molar refractivity (Wildman–Crippen MR) is 109 cm³/mol. The van der Waals surface area contributed by atoms with E-state index in [4.69, 9.17) is 4.98 Å². The molecular weight excluding hydrogens is 368 g/mol. The Morgan fingerprint density at radius 2 is 2.07 bits per heavy atom. The first-order chi connectivity index (χ1) is 14.1. The number of aryl methyl sites for hydroxylation is 1. The van der Waals surface area contributed by atoms with Crippen LogP contribution in [0.4, 0.5) is 5.95 Å². The maximum absolute atomic E-state index is 13.2. The lowest BCUT2D eigenvalue weighted by Gasteiger charge is -2.27. The van der Waals surface area contributed by atoms with Gasteiger partial charge in [0.15, 0.2) is 0 Å². The fourth-order valence-corrected chi connectivity index (χ4v) is 5.24. The van der Waals surface area contributed by atoms with Crippen molar-refractivity contribution in [1.82, 2.24) is 24.6 Å².